The van der Waals surface area contributed by atoms with Crippen LogP contribution < -0.4 is 16.4 Å². The molecule has 25 heavy (non-hydrogen) atoms. The average molecular weight is 346 g/mol. The Morgan fingerprint density at radius 2 is 1.76 bits per heavy atom. The summed E-state index contributed by atoms with van der Waals surface area (Å²) in [6, 6.07) is 12.6. The van der Waals surface area contributed by atoms with Gasteiger partial charge in [0.05, 0.1) is 11.3 Å². The number of benzene rings is 2. The smallest absolute Gasteiger partial charge is 0.399 e. The Bertz CT molecular complexity index is 836. The van der Waals surface area contributed by atoms with Crippen LogP contribution >= 0.6 is 0 Å². The lowest BCUT2D eigenvalue weighted by atomic mass is 10.1. The number of hydrogen-bond acceptors (Lipinski definition) is 4. The maximum Gasteiger partial charge on any atom is 0.418 e. The van der Waals surface area contributed by atoms with E-state index in [4.69, 9.17) is 11.0 Å². The number of carbonyl (C=O) groups is 1. The molecule has 0 aromatic heterocycles. The Kier molecular flexibility index (Phi) is 5.29. The van der Waals surface area contributed by atoms with Crippen molar-refractivity contribution in [1.29, 1.82) is 5.26 Å². The zero-order valence-corrected chi connectivity index (χ0v) is 12.8. The predicted octanol–water partition coefficient (Wildman–Crippen LogP) is 3.75. The first kappa shape index (κ1) is 17.9. The van der Waals surface area contributed by atoms with E-state index in [2.05, 4.69) is 10.6 Å². The summed E-state index contributed by atoms with van der Waals surface area (Å²) in [6.07, 6.45) is -3.63. The van der Waals surface area contributed by atoms with Crippen LogP contribution in [0.5, 0.6) is 0 Å². The first-order valence-electron chi connectivity index (χ1n) is 7.01. The molecule has 0 fully saturated rings. The number of nitrogens with one attached hydrogen (secondary N) is 2. The number of rotatable bonds is 4. The molecule has 0 atom stereocenters. The molecule has 1 amide bonds. The van der Waals surface area contributed by atoms with Gasteiger partial charge in [0, 0.05) is 17.6 Å². The standard InChI is InChI=1S/C17H13F3N4O/c18-17(19,20)14-3-1-2-4-15(14)23-10-11(9-21)16(25)24-13-7-5-12(22)6-8-13/h1-8,10,23H,22H2,(H,24,25)/b11-10-. The van der Waals surface area contributed by atoms with E-state index >= 15 is 0 Å². The van der Waals surface area contributed by atoms with Crippen LogP contribution in [0.4, 0.5) is 30.2 Å². The number of carbonyl (C=O) groups excluding carboxylic acids is 1. The largest absolute Gasteiger partial charge is 0.418 e. The van der Waals surface area contributed by atoms with Gasteiger partial charge >= 0.3 is 6.18 Å². The van der Waals surface area contributed by atoms with Crippen LogP contribution in [0.25, 0.3) is 0 Å². The Morgan fingerprint density at radius 3 is 2.36 bits per heavy atom. The highest BCUT2D eigenvalue weighted by atomic mass is 19.4. The van der Waals surface area contributed by atoms with E-state index in [0.29, 0.717) is 11.4 Å². The molecule has 0 saturated heterocycles. The normalized spacial score (nSPS) is 11.5. The Hall–Kier alpha value is -3.47. The Labute approximate surface area is 141 Å². The molecular weight excluding hydrogens is 333 g/mol. The van der Waals surface area contributed by atoms with E-state index in [9.17, 15) is 18.0 Å². The third kappa shape index (κ3) is 4.75. The van der Waals surface area contributed by atoms with Crippen LogP contribution in [0.1, 0.15) is 5.56 Å². The lowest BCUT2D eigenvalue weighted by Crippen LogP contribution is -2.15. The van der Waals surface area contributed by atoms with Gasteiger partial charge in [0.2, 0.25) is 0 Å². The molecule has 5 nitrogen and oxygen atoms in total. The quantitative estimate of drug-likeness (QED) is 0.447. The Balaban J connectivity index is 2.17. The Morgan fingerprint density at radius 1 is 1.12 bits per heavy atom. The van der Waals surface area contributed by atoms with Gasteiger partial charge in [-0.2, -0.15) is 18.4 Å². The van der Waals surface area contributed by atoms with Crippen molar-refractivity contribution >= 4 is 23.0 Å². The van der Waals surface area contributed by atoms with Crippen molar-refractivity contribution in [3.63, 3.8) is 0 Å². The summed E-state index contributed by atoms with van der Waals surface area (Å²) in [5.74, 6) is -0.760. The molecule has 0 aliphatic heterocycles. The highest BCUT2D eigenvalue weighted by Crippen LogP contribution is 2.34. The van der Waals surface area contributed by atoms with E-state index < -0.39 is 17.6 Å². The third-order valence-electron chi connectivity index (χ3n) is 3.14. The van der Waals surface area contributed by atoms with Crippen LogP contribution in [-0.4, -0.2) is 5.91 Å². The van der Waals surface area contributed by atoms with Gasteiger partial charge in [-0.05, 0) is 36.4 Å². The second-order valence-corrected chi connectivity index (χ2v) is 4.93. The number of anilines is 3. The summed E-state index contributed by atoms with van der Waals surface area (Å²) in [4.78, 5) is 12.0. The van der Waals surface area contributed by atoms with Gasteiger partial charge in [-0.3, -0.25) is 4.79 Å². The average Bonchev–Trinajstić information content (AvgIpc) is 2.57. The molecule has 4 N–H and O–H groups in total. The summed E-state index contributed by atoms with van der Waals surface area (Å²) in [6.45, 7) is 0. The first-order valence-corrected chi connectivity index (χ1v) is 7.01. The van der Waals surface area contributed by atoms with Gasteiger partial charge in [0.1, 0.15) is 11.6 Å². The van der Waals surface area contributed by atoms with E-state index in [1.165, 1.54) is 30.3 Å². The molecule has 0 aliphatic rings. The zero-order chi connectivity index (χ0) is 18.4. The molecule has 2 rings (SSSR count). The van der Waals surface area contributed by atoms with Crippen LogP contribution in [0, 0.1) is 11.3 Å². The number of nitrogen functional groups attached to an aromatic ring is 1. The minimum absolute atomic E-state index is 0.261. The highest BCUT2D eigenvalue weighted by Gasteiger charge is 2.33. The second-order valence-electron chi connectivity index (χ2n) is 4.93. The van der Waals surface area contributed by atoms with Crippen LogP contribution in [0.15, 0.2) is 60.3 Å². The van der Waals surface area contributed by atoms with Crippen molar-refractivity contribution in [3.05, 3.63) is 65.9 Å². The first-order chi connectivity index (χ1) is 11.8. The van der Waals surface area contributed by atoms with Crippen LogP contribution in [0.3, 0.4) is 0 Å². The molecule has 128 valence electrons. The predicted molar refractivity (Wildman–Crippen MR) is 88.2 cm³/mol. The number of alkyl halides is 3. The van der Waals surface area contributed by atoms with Gasteiger partial charge in [-0.15, -0.1) is 0 Å². The minimum atomic E-state index is -4.56. The van der Waals surface area contributed by atoms with E-state index in [1.54, 1.807) is 18.2 Å². The van der Waals surface area contributed by atoms with Gasteiger partial charge in [-0.1, -0.05) is 12.1 Å². The molecule has 2 aromatic rings. The molecule has 0 heterocycles. The minimum Gasteiger partial charge on any atom is -0.399 e. The number of amides is 1. The van der Waals surface area contributed by atoms with Gasteiger partial charge < -0.3 is 16.4 Å². The molecule has 0 bridgehead atoms. The molecule has 0 radical (unpaired) electrons. The summed E-state index contributed by atoms with van der Waals surface area (Å²) < 4.78 is 38.8. The third-order valence-corrected chi connectivity index (χ3v) is 3.14. The summed E-state index contributed by atoms with van der Waals surface area (Å²) in [5.41, 5.74) is 4.88. The number of nitrogens with two attached hydrogens (primary N) is 1. The van der Waals surface area contributed by atoms with Crippen molar-refractivity contribution in [1.82, 2.24) is 0 Å². The van der Waals surface area contributed by atoms with Crippen LogP contribution in [0.2, 0.25) is 0 Å². The maximum absolute atomic E-state index is 12.9. The van der Waals surface area contributed by atoms with Crippen LogP contribution in [-0.2, 0) is 11.0 Å². The van der Waals surface area contributed by atoms with E-state index in [-0.39, 0.29) is 11.3 Å². The molecule has 0 unspecified atom stereocenters. The van der Waals surface area contributed by atoms with Crippen molar-refractivity contribution < 1.29 is 18.0 Å². The maximum atomic E-state index is 12.9. The molecule has 0 saturated carbocycles. The van der Waals surface area contributed by atoms with E-state index in [1.807, 2.05) is 0 Å². The summed E-state index contributed by atoms with van der Waals surface area (Å²) >= 11 is 0. The number of hydrogen-bond donors (Lipinski definition) is 3. The molecule has 2 aromatic carbocycles. The molecule has 0 spiro atoms. The van der Waals surface area contributed by atoms with Gasteiger partial charge in [0.25, 0.3) is 5.91 Å². The number of halogens is 3. The fourth-order valence-corrected chi connectivity index (χ4v) is 1.92. The van der Waals surface area contributed by atoms with Crippen molar-refractivity contribution in [3.8, 4) is 6.07 Å². The van der Waals surface area contributed by atoms with Crippen molar-refractivity contribution in [2.75, 3.05) is 16.4 Å². The number of para-hydroxylation sites is 1. The fraction of sp³-hybridized carbons (Fsp3) is 0.0588. The van der Waals surface area contributed by atoms with Gasteiger partial charge in [-0.25, -0.2) is 0 Å². The van der Waals surface area contributed by atoms with E-state index in [0.717, 1.165) is 12.3 Å². The molecular formula is C17H13F3N4O. The lowest BCUT2D eigenvalue weighted by molar-refractivity contribution is -0.136. The fourth-order valence-electron chi connectivity index (χ4n) is 1.92. The summed E-state index contributed by atoms with van der Waals surface area (Å²) in [5, 5.41) is 13.9. The molecule has 0 aliphatic carbocycles. The zero-order valence-electron chi connectivity index (χ0n) is 12.8. The number of nitriles is 1. The second kappa shape index (κ2) is 7.40. The summed E-state index contributed by atoms with van der Waals surface area (Å²) in [7, 11) is 0. The highest BCUT2D eigenvalue weighted by molar-refractivity contribution is 6.06. The monoisotopic (exact) mass is 346 g/mol. The lowest BCUT2D eigenvalue weighted by Gasteiger charge is -2.12. The SMILES string of the molecule is N#C/C(=C/Nc1ccccc1C(F)(F)F)C(=O)Nc1ccc(N)cc1. The van der Waals surface area contributed by atoms with Crippen molar-refractivity contribution in [2.45, 2.75) is 6.18 Å². The van der Waals surface area contributed by atoms with Crippen molar-refractivity contribution in [2.24, 2.45) is 0 Å². The molecule has 8 heteroatoms. The topological polar surface area (TPSA) is 90.9 Å². The number of nitrogens with zero attached hydrogens (tertiary/aromatic N) is 1. The van der Waals surface area contributed by atoms with Gasteiger partial charge in [0.15, 0.2) is 0 Å².